The maximum absolute atomic E-state index is 12.4. The standard InChI is InChI=1S/C26H24N2O4/c29-24(27-32)16-10-11-19-21(12-16)28-14-26(25(30)31)13-20(26)17-8-4-5-9-18(17)23(28)22(19)15-6-2-1-3-7-15/h4-5,8-12,15,20H,1-3,6-7,13-14H2,(H,30,31). The number of aromatic nitrogens is 1. The highest BCUT2D eigenvalue weighted by Crippen LogP contribution is 2.65. The second-order valence-corrected chi connectivity index (χ2v) is 9.62. The van der Waals surface area contributed by atoms with Gasteiger partial charge in [0, 0.05) is 39.7 Å². The number of rotatable bonds is 3. The van der Waals surface area contributed by atoms with Crippen LogP contribution in [0.15, 0.2) is 47.6 Å². The molecule has 3 aromatic rings. The third-order valence-electron chi connectivity index (χ3n) is 7.98. The van der Waals surface area contributed by atoms with E-state index in [0.717, 1.165) is 40.6 Å². The van der Waals surface area contributed by atoms with Crippen LogP contribution in [0.5, 0.6) is 0 Å². The van der Waals surface area contributed by atoms with E-state index in [4.69, 9.17) is 0 Å². The van der Waals surface area contributed by atoms with E-state index in [2.05, 4.69) is 21.9 Å². The molecule has 6 rings (SSSR count). The summed E-state index contributed by atoms with van der Waals surface area (Å²) in [6.07, 6.45) is 6.45. The fourth-order valence-corrected chi connectivity index (χ4v) is 6.31. The zero-order valence-corrected chi connectivity index (χ0v) is 17.7. The van der Waals surface area contributed by atoms with Crippen molar-refractivity contribution in [2.45, 2.75) is 56.9 Å². The molecule has 2 unspecified atom stereocenters. The van der Waals surface area contributed by atoms with Gasteiger partial charge < -0.3 is 9.67 Å². The van der Waals surface area contributed by atoms with E-state index in [-0.39, 0.29) is 11.5 Å². The molecule has 0 saturated heterocycles. The Morgan fingerprint density at radius 1 is 1.06 bits per heavy atom. The summed E-state index contributed by atoms with van der Waals surface area (Å²) in [4.78, 5) is 35.4. The molecule has 0 bridgehead atoms. The van der Waals surface area contributed by atoms with Gasteiger partial charge in [0.1, 0.15) is 0 Å². The number of hydrogen-bond acceptors (Lipinski definition) is 3. The van der Waals surface area contributed by atoms with Gasteiger partial charge in [0.05, 0.1) is 11.1 Å². The molecule has 0 radical (unpaired) electrons. The molecule has 2 aromatic carbocycles. The molecular formula is C26H24N2O4. The maximum atomic E-state index is 12.4. The minimum absolute atomic E-state index is 0.00758. The summed E-state index contributed by atoms with van der Waals surface area (Å²) in [5, 5.41) is 13.9. The van der Waals surface area contributed by atoms with Crippen LogP contribution in [0.25, 0.3) is 22.2 Å². The van der Waals surface area contributed by atoms with Crippen LogP contribution in [0.3, 0.4) is 0 Å². The highest BCUT2D eigenvalue weighted by Gasteiger charge is 2.63. The topological polar surface area (TPSA) is 88.7 Å². The Morgan fingerprint density at radius 3 is 2.59 bits per heavy atom. The van der Waals surface area contributed by atoms with E-state index in [1.807, 2.05) is 18.2 Å². The molecule has 1 aromatic heterocycles. The van der Waals surface area contributed by atoms with Gasteiger partial charge in [0.25, 0.3) is 0 Å². The number of hydrogen-bond donors (Lipinski definition) is 1. The van der Waals surface area contributed by atoms with Crippen LogP contribution in [0.1, 0.15) is 71.8 Å². The Morgan fingerprint density at radius 2 is 1.84 bits per heavy atom. The number of benzene rings is 2. The molecule has 32 heavy (non-hydrogen) atoms. The molecule has 2 heterocycles. The van der Waals surface area contributed by atoms with E-state index in [1.54, 1.807) is 12.1 Å². The van der Waals surface area contributed by atoms with Gasteiger partial charge in [-0.05, 0) is 48.4 Å². The summed E-state index contributed by atoms with van der Waals surface area (Å²) in [6.45, 7) is 0.367. The van der Waals surface area contributed by atoms with Gasteiger partial charge in [-0.15, -0.1) is 4.91 Å². The lowest BCUT2D eigenvalue weighted by molar-refractivity contribution is -0.144. The van der Waals surface area contributed by atoms with Gasteiger partial charge in [0.2, 0.25) is 0 Å². The first kappa shape index (κ1) is 19.4. The number of nitroso groups, excluding NO2 is 1. The van der Waals surface area contributed by atoms with Crippen molar-refractivity contribution < 1.29 is 14.7 Å². The zero-order chi connectivity index (χ0) is 22.0. The Hall–Kier alpha value is -3.28. The molecule has 1 N–H and O–H groups in total. The van der Waals surface area contributed by atoms with Gasteiger partial charge in [-0.25, -0.2) is 0 Å². The summed E-state index contributed by atoms with van der Waals surface area (Å²) in [7, 11) is 0. The Kier molecular flexibility index (Phi) is 4.16. The highest BCUT2D eigenvalue weighted by molar-refractivity contribution is 6.01. The molecule has 162 valence electrons. The smallest absolute Gasteiger partial charge is 0.316 e. The van der Waals surface area contributed by atoms with Crippen molar-refractivity contribution in [2.75, 3.05) is 0 Å². The first-order valence-corrected chi connectivity index (χ1v) is 11.4. The number of nitrogens with zero attached hydrogens (tertiary/aromatic N) is 2. The van der Waals surface area contributed by atoms with Crippen molar-refractivity contribution in [1.29, 1.82) is 0 Å². The van der Waals surface area contributed by atoms with Gasteiger partial charge >= 0.3 is 11.9 Å². The van der Waals surface area contributed by atoms with Crippen molar-refractivity contribution in [3.63, 3.8) is 0 Å². The first-order chi connectivity index (χ1) is 15.5. The summed E-state index contributed by atoms with van der Waals surface area (Å²) in [5.41, 5.74) is 4.83. The Labute approximate surface area is 185 Å². The summed E-state index contributed by atoms with van der Waals surface area (Å²) < 4.78 is 2.13. The van der Waals surface area contributed by atoms with Crippen LogP contribution >= 0.6 is 0 Å². The molecule has 1 amide bonds. The second kappa shape index (κ2) is 6.86. The largest absolute Gasteiger partial charge is 0.481 e. The predicted octanol–water partition coefficient (Wildman–Crippen LogP) is 5.83. The zero-order valence-electron chi connectivity index (χ0n) is 17.7. The Bertz CT molecular complexity index is 1300. The molecule has 2 atom stereocenters. The molecule has 0 spiro atoms. The Balaban J connectivity index is 1.70. The lowest BCUT2D eigenvalue weighted by Gasteiger charge is -2.24. The van der Waals surface area contributed by atoms with Crippen LogP contribution < -0.4 is 0 Å². The number of fused-ring (bicyclic) bond motifs is 7. The normalized spacial score (nSPS) is 24.2. The molecule has 2 fully saturated rings. The van der Waals surface area contributed by atoms with E-state index in [0.29, 0.717) is 18.9 Å². The van der Waals surface area contributed by atoms with Crippen molar-refractivity contribution in [1.82, 2.24) is 4.57 Å². The van der Waals surface area contributed by atoms with Gasteiger partial charge in [0.15, 0.2) is 0 Å². The lowest BCUT2D eigenvalue weighted by Crippen LogP contribution is -2.22. The molecule has 2 saturated carbocycles. The highest BCUT2D eigenvalue weighted by atomic mass is 16.4. The molecule has 2 aliphatic carbocycles. The summed E-state index contributed by atoms with van der Waals surface area (Å²) in [6, 6.07) is 13.5. The van der Waals surface area contributed by atoms with Crippen molar-refractivity contribution >= 4 is 22.8 Å². The van der Waals surface area contributed by atoms with E-state index in [9.17, 15) is 19.6 Å². The number of carboxylic acid groups (broad SMARTS) is 1. The van der Waals surface area contributed by atoms with Gasteiger partial charge in [-0.2, -0.15) is 0 Å². The number of carbonyl (C=O) groups is 2. The lowest BCUT2D eigenvalue weighted by atomic mass is 9.81. The second-order valence-electron chi connectivity index (χ2n) is 9.62. The minimum Gasteiger partial charge on any atom is -0.481 e. The van der Waals surface area contributed by atoms with E-state index < -0.39 is 17.3 Å². The number of amides is 1. The fourth-order valence-electron chi connectivity index (χ4n) is 6.31. The first-order valence-electron chi connectivity index (χ1n) is 11.4. The minimum atomic E-state index is -0.833. The molecule has 3 aliphatic rings. The third-order valence-corrected chi connectivity index (χ3v) is 7.98. The number of carboxylic acids is 1. The fraction of sp³-hybridized carbons (Fsp3) is 0.385. The third kappa shape index (κ3) is 2.58. The van der Waals surface area contributed by atoms with Crippen LogP contribution in [0.2, 0.25) is 0 Å². The van der Waals surface area contributed by atoms with Gasteiger partial charge in [-0.1, -0.05) is 49.6 Å². The molecular weight excluding hydrogens is 404 g/mol. The van der Waals surface area contributed by atoms with Crippen LogP contribution in [0, 0.1) is 10.3 Å². The van der Waals surface area contributed by atoms with Crippen molar-refractivity contribution in [3.05, 3.63) is 64.1 Å². The van der Waals surface area contributed by atoms with Crippen LogP contribution in [0.4, 0.5) is 0 Å². The molecule has 6 nitrogen and oxygen atoms in total. The summed E-state index contributed by atoms with van der Waals surface area (Å²) >= 11 is 0. The van der Waals surface area contributed by atoms with E-state index >= 15 is 0 Å². The van der Waals surface area contributed by atoms with Crippen LogP contribution in [-0.4, -0.2) is 21.6 Å². The maximum Gasteiger partial charge on any atom is 0.316 e. The molecule has 6 heteroatoms. The average molecular weight is 428 g/mol. The van der Waals surface area contributed by atoms with Crippen molar-refractivity contribution in [3.8, 4) is 11.3 Å². The number of carbonyl (C=O) groups excluding carboxylic acids is 1. The van der Waals surface area contributed by atoms with Crippen LogP contribution in [-0.2, 0) is 11.3 Å². The predicted molar refractivity (Wildman–Crippen MR) is 121 cm³/mol. The van der Waals surface area contributed by atoms with E-state index in [1.165, 1.54) is 24.8 Å². The average Bonchev–Trinajstić information content (AvgIpc) is 3.50. The van der Waals surface area contributed by atoms with Crippen molar-refractivity contribution in [2.24, 2.45) is 10.6 Å². The molecule has 1 aliphatic heterocycles. The quantitative estimate of drug-likeness (QED) is 0.531. The summed E-state index contributed by atoms with van der Waals surface area (Å²) in [5.74, 6) is -1.18. The van der Waals surface area contributed by atoms with Gasteiger partial charge in [-0.3, -0.25) is 9.59 Å². The SMILES string of the molecule is O=NC(=O)c1ccc2c(C3CCCCC3)c3n(c2c1)CC1(C(=O)O)CC1c1ccccc1-3. The number of aliphatic carboxylic acids is 1. The monoisotopic (exact) mass is 428 g/mol.